The lowest BCUT2D eigenvalue weighted by Gasteiger charge is -2.33. The van der Waals surface area contributed by atoms with Gasteiger partial charge in [0, 0.05) is 31.1 Å². The van der Waals surface area contributed by atoms with Gasteiger partial charge in [0.1, 0.15) is 0 Å². The number of rotatable bonds is 8. The second kappa shape index (κ2) is 7.24. The lowest BCUT2D eigenvalue weighted by Crippen LogP contribution is -2.44. The number of nitrogens with zero attached hydrogens (tertiary/aromatic N) is 1. The minimum atomic E-state index is -0.110. The van der Waals surface area contributed by atoms with Crippen LogP contribution in [0, 0.1) is 0 Å². The van der Waals surface area contributed by atoms with Crippen LogP contribution in [0.4, 0.5) is 0 Å². The highest BCUT2D eigenvalue weighted by Crippen LogP contribution is 2.18. The van der Waals surface area contributed by atoms with Gasteiger partial charge >= 0.3 is 0 Å². The summed E-state index contributed by atoms with van der Waals surface area (Å²) >= 11 is 1.82. The molecule has 1 unspecified atom stereocenters. The van der Waals surface area contributed by atoms with Crippen LogP contribution in [0.2, 0.25) is 0 Å². The summed E-state index contributed by atoms with van der Waals surface area (Å²) in [4.78, 5) is 3.78. The van der Waals surface area contributed by atoms with Gasteiger partial charge in [0.2, 0.25) is 0 Å². The molecule has 18 heavy (non-hydrogen) atoms. The molecule has 1 atom stereocenters. The SMILES string of the molecule is COC(C)(C)CC(CN)N(C)CCc1cccs1. The maximum atomic E-state index is 5.89. The van der Waals surface area contributed by atoms with E-state index in [2.05, 4.69) is 43.3 Å². The van der Waals surface area contributed by atoms with Crippen LogP contribution in [0.5, 0.6) is 0 Å². The van der Waals surface area contributed by atoms with Crippen molar-refractivity contribution in [1.29, 1.82) is 0 Å². The number of hydrogen-bond acceptors (Lipinski definition) is 4. The Morgan fingerprint density at radius 1 is 1.50 bits per heavy atom. The Bertz CT molecular complexity index is 325. The first-order valence-electron chi connectivity index (χ1n) is 6.46. The van der Waals surface area contributed by atoms with Gasteiger partial charge in [0.15, 0.2) is 0 Å². The highest BCUT2D eigenvalue weighted by atomic mass is 32.1. The van der Waals surface area contributed by atoms with Crippen molar-refractivity contribution in [3.63, 3.8) is 0 Å². The third kappa shape index (κ3) is 5.06. The molecule has 0 radical (unpaired) electrons. The Hall–Kier alpha value is -0.420. The number of likely N-dealkylation sites (N-methyl/N-ethyl adjacent to an activating group) is 1. The van der Waals surface area contributed by atoms with E-state index in [1.54, 1.807) is 7.11 Å². The zero-order valence-corrected chi connectivity index (χ0v) is 12.8. The van der Waals surface area contributed by atoms with Crippen LogP contribution in [0.3, 0.4) is 0 Å². The average molecular weight is 270 g/mol. The summed E-state index contributed by atoms with van der Waals surface area (Å²) < 4.78 is 5.49. The van der Waals surface area contributed by atoms with E-state index in [1.165, 1.54) is 4.88 Å². The van der Waals surface area contributed by atoms with Gasteiger partial charge in [-0.2, -0.15) is 0 Å². The molecule has 1 heterocycles. The molecule has 0 aliphatic carbocycles. The van der Waals surface area contributed by atoms with E-state index in [0.29, 0.717) is 12.6 Å². The second-order valence-corrected chi connectivity index (χ2v) is 6.40. The molecule has 4 heteroatoms. The normalized spacial score (nSPS) is 14.1. The molecule has 0 aliphatic rings. The predicted molar refractivity (Wildman–Crippen MR) is 79.2 cm³/mol. The van der Waals surface area contributed by atoms with E-state index in [9.17, 15) is 0 Å². The van der Waals surface area contributed by atoms with E-state index in [1.807, 2.05) is 11.3 Å². The number of thiophene rings is 1. The fourth-order valence-electron chi connectivity index (χ4n) is 1.99. The highest BCUT2D eigenvalue weighted by Gasteiger charge is 2.24. The molecule has 1 rings (SSSR count). The smallest absolute Gasteiger partial charge is 0.0638 e. The molecule has 0 aromatic carbocycles. The first-order valence-corrected chi connectivity index (χ1v) is 7.34. The highest BCUT2D eigenvalue weighted by molar-refractivity contribution is 7.09. The summed E-state index contributed by atoms with van der Waals surface area (Å²) in [6.07, 6.45) is 2.05. The summed E-state index contributed by atoms with van der Waals surface area (Å²) in [6, 6.07) is 4.67. The van der Waals surface area contributed by atoms with Crippen molar-refractivity contribution in [1.82, 2.24) is 4.90 Å². The van der Waals surface area contributed by atoms with E-state index < -0.39 is 0 Å². The van der Waals surface area contributed by atoms with E-state index >= 15 is 0 Å². The molecule has 0 spiro atoms. The van der Waals surface area contributed by atoms with Gasteiger partial charge in [-0.05, 0) is 45.2 Å². The molecule has 1 aromatic heterocycles. The molecule has 0 bridgehead atoms. The summed E-state index contributed by atoms with van der Waals surface area (Å²) in [5, 5.41) is 2.13. The Morgan fingerprint density at radius 2 is 2.22 bits per heavy atom. The fraction of sp³-hybridized carbons (Fsp3) is 0.714. The number of ether oxygens (including phenoxy) is 1. The molecule has 2 N–H and O–H groups in total. The molecule has 0 fully saturated rings. The first-order chi connectivity index (χ1) is 8.48. The van der Waals surface area contributed by atoms with Crippen molar-refractivity contribution in [2.75, 3.05) is 27.2 Å². The predicted octanol–water partition coefficient (Wildman–Crippen LogP) is 2.36. The molecule has 0 amide bonds. The number of methoxy groups -OCH3 is 1. The maximum absolute atomic E-state index is 5.89. The van der Waals surface area contributed by atoms with Crippen LogP contribution in [0.15, 0.2) is 17.5 Å². The van der Waals surface area contributed by atoms with E-state index in [0.717, 1.165) is 19.4 Å². The zero-order valence-electron chi connectivity index (χ0n) is 12.0. The van der Waals surface area contributed by atoms with Gasteiger partial charge in [-0.15, -0.1) is 11.3 Å². The summed E-state index contributed by atoms with van der Waals surface area (Å²) in [6.45, 7) is 5.95. The monoisotopic (exact) mass is 270 g/mol. The van der Waals surface area contributed by atoms with Crippen molar-refractivity contribution in [2.24, 2.45) is 5.73 Å². The van der Waals surface area contributed by atoms with Gasteiger partial charge in [-0.1, -0.05) is 6.07 Å². The number of hydrogen-bond donors (Lipinski definition) is 1. The van der Waals surface area contributed by atoms with E-state index in [-0.39, 0.29) is 5.60 Å². The molecule has 3 nitrogen and oxygen atoms in total. The van der Waals surface area contributed by atoms with Crippen LogP contribution in [-0.2, 0) is 11.2 Å². The third-order valence-corrected chi connectivity index (χ3v) is 4.40. The minimum absolute atomic E-state index is 0.110. The third-order valence-electron chi connectivity index (χ3n) is 3.47. The van der Waals surface area contributed by atoms with Crippen LogP contribution < -0.4 is 5.73 Å². The second-order valence-electron chi connectivity index (χ2n) is 5.37. The van der Waals surface area contributed by atoms with Crippen LogP contribution in [-0.4, -0.2) is 43.8 Å². The van der Waals surface area contributed by atoms with Crippen molar-refractivity contribution < 1.29 is 4.74 Å². The topological polar surface area (TPSA) is 38.5 Å². The quantitative estimate of drug-likeness (QED) is 0.788. The lowest BCUT2D eigenvalue weighted by molar-refractivity contribution is -0.00433. The summed E-state index contributed by atoms with van der Waals surface area (Å²) in [7, 11) is 3.91. The molecule has 0 saturated heterocycles. The van der Waals surface area contributed by atoms with Gasteiger partial charge in [-0.3, -0.25) is 0 Å². The molecule has 104 valence electrons. The van der Waals surface area contributed by atoms with Gasteiger partial charge in [0.25, 0.3) is 0 Å². The van der Waals surface area contributed by atoms with Crippen molar-refractivity contribution in [2.45, 2.75) is 38.3 Å². The van der Waals surface area contributed by atoms with Crippen LogP contribution >= 0.6 is 11.3 Å². The lowest BCUT2D eigenvalue weighted by atomic mass is 9.98. The molecule has 0 saturated carbocycles. The summed E-state index contributed by atoms with van der Waals surface area (Å²) in [5.74, 6) is 0. The maximum Gasteiger partial charge on any atom is 0.0638 e. The molecular weight excluding hydrogens is 244 g/mol. The number of nitrogens with two attached hydrogens (primary N) is 1. The molecule has 1 aromatic rings. The fourth-order valence-corrected chi connectivity index (χ4v) is 2.69. The van der Waals surface area contributed by atoms with E-state index in [4.69, 9.17) is 10.5 Å². The molecular formula is C14H26N2OS. The van der Waals surface area contributed by atoms with Gasteiger partial charge < -0.3 is 15.4 Å². The van der Waals surface area contributed by atoms with Crippen LogP contribution in [0.25, 0.3) is 0 Å². The van der Waals surface area contributed by atoms with Crippen molar-refractivity contribution in [3.8, 4) is 0 Å². The van der Waals surface area contributed by atoms with Crippen molar-refractivity contribution in [3.05, 3.63) is 22.4 Å². The summed E-state index contributed by atoms with van der Waals surface area (Å²) in [5.41, 5.74) is 5.78. The standard InChI is InChI=1S/C14H26N2OS/c1-14(2,17-4)10-12(11-15)16(3)8-7-13-6-5-9-18-13/h5-6,9,12H,7-8,10-11,15H2,1-4H3. The molecule has 0 aliphatic heterocycles. The Morgan fingerprint density at radius 3 is 2.72 bits per heavy atom. The average Bonchev–Trinajstić information content (AvgIpc) is 2.86. The Labute approximate surface area is 115 Å². The van der Waals surface area contributed by atoms with Gasteiger partial charge in [0.05, 0.1) is 5.60 Å². The largest absolute Gasteiger partial charge is 0.379 e. The van der Waals surface area contributed by atoms with Gasteiger partial charge in [-0.25, -0.2) is 0 Å². The van der Waals surface area contributed by atoms with Crippen molar-refractivity contribution >= 4 is 11.3 Å². The first kappa shape index (κ1) is 15.6. The van der Waals surface area contributed by atoms with Crippen LogP contribution in [0.1, 0.15) is 25.1 Å². The Balaban J connectivity index is 2.44. The Kier molecular flexibility index (Phi) is 6.29. The zero-order chi connectivity index (χ0) is 13.6. The minimum Gasteiger partial charge on any atom is -0.379 e.